The smallest absolute Gasteiger partial charge is 0.295 e. The van der Waals surface area contributed by atoms with E-state index in [2.05, 4.69) is 18.7 Å². The third kappa shape index (κ3) is 6.03. The molecule has 35 heavy (non-hydrogen) atoms. The van der Waals surface area contributed by atoms with Crippen molar-refractivity contribution in [2.24, 2.45) is 0 Å². The Hall–Kier alpha value is -3.32. The van der Waals surface area contributed by atoms with Crippen LogP contribution in [-0.4, -0.2) is 66.5 Å². The Morgan fingerprint density at radius 3 is 2.37 bits per heavy atom. The highest BCUT2D eigenvalue weighted by Gasteiger charge is 2.45. The van der Waals surface area contributed by atoms with Crippen molar-refractivity contribution in [3.8, 4) is 11.5 Å². The highest BCUT2D eigenvalue weighted by Crippen LogP contribution is 2.40. The zero-order valence-electron chi connectivity index (χ0n) is 21.1. The molecule has 3 rings (SSSR count). The molecule has 1 saturated heterocycles. The fourth-order valence-corrected chi connectivity index (χ4v) is 4.36. The number of likely N-dealkylation sites (tertiary alicyclic amines) is 1. The second-order valence-electron chi connectivity index (χ2n) is 8.52. The van der Waals surface area contributed by atoms with Gasteiger partial charge in [0, 0.05) is 12.1 Å². The molecule has 7 nitrogen and oxygen atoms in total. The van der Waals surface area contributed by atoms with Crippen LogP contribution in [0.1, 0.15) is 50.8 Å². The molecule has 0 unspecified atom stereocenters. The Morgan fingerprint density at radius 1 is 1.03 bits per heavy atom. The lowest BCUT2D eigenvalue weighted by atomic mass is 9.95. The van der Waals surface area contributed by atoms with E-state index in [4.69, 9.17) is 9.47 Å². The van der Waals surface area contributed by atoms with Crippen molar-refractivity contribution in [3.05, 3.63) is 65.2 Å². The summed E-state index contributed by atoms with van der Waals surface area (Å²) in [6.45, 7) is 9.88. The van der Waals surface area contributed by atoms with Gasteiger partial charge >= 0.3 is 0 Å². The zero-order valence-corrected chi connectivity index (χ0v) is 21.1. The summed E-state index contributed by atoms with van der Waals surface area (Å²) in [5.41, 5.74) is 1.28. The Morgan fingerprint density at radius 2 is 1.74 bits per heavy atom. The Kier molecular flexibility index (Phi) is 9.32. The second kappa shape index (κ2) is 12.4. The first-order valence-corrected chi connectivity index (χ1v) is 12.3. The topological polar surface area (TPSA) is 79.3 Å². The molecule has 1 heterocycles. The fourth-order valence-electron chi connectivity index (χ4n) is 4.36. The van der Waals surface area contributed by atoms with Crippen molar-refractivity contribution < 1.29 is 24.2 Å². The summed E-state index contributed by atoms with van der Waals surface area (Å²) >= 11 is 0. The number of aliphatic hydroxyl groups is 1. The second-order valence-corrected chi connectivity index (χ2v) is 8.52. The maximum atomic E-state index is 13.2. The van der Waals surface area contributed by atoms with Crippen LogP contribution in [0.25, 0.3) is 5.76 Å². The van der Waals surface area contributed by atoms with E-state index in [1.54, 1.807) is 36.3 Å². The largest absolute Gasteiger partial charge is 0.507 e. The summed E-state index contributed by atoms with van der Waals surface area (Å²) in [6, 6.07) is 13.5. The molecule has 0 aromatic heterocycles. The molecule has 0 aliphatic carbocycles. The van der Waals surface area contributed by atoms with Crippen LogP contribution in [0.3, 0.4) is 0 Å². The van der Waals surface area contributed by atoms with Crippen LogP contribution >= 0.6 is 0 Å². The average molecular weight is 481 g/mol. The standard InChI is InChI=1S/C28H36N2O5/c1-5-18-35-23-11-8-10-21(19-23)25-24(26(31)20-12-14-22(34-4)15-13-20)27(32)28(33)30(25)17-9-16-29(6-2)7-3/h8,10-15,19,25,31H,5-7,9,16-18H2,1-4H3/b26-24+/t25-/m1/s1. The van der Waals surface area contributed by atoms with E-state index in [1.165, 1.54) is 0 Å². The summed E-state index contributed by atoms with van der Waals surface area (Å²) in [5, 5.41) is 11.2. The maximum absolute atomic E-state index is 13.2. The molecule has 0 spiro atoms. The lowest BCUT2D eigenvalue weighted by molar-refractivity contribution is -0.140. The first-order chi connectivity index (χ1) is 16.9. The van der Waals surface area contributed by atoms with E-state index in [-0.39, 0.29) is 11.3 Å². The van der Waals surface area contributed by atoms with Gasteiger partial charge in [-0.25, -0.2) is 0 Å². The predicted molar refractivity (Wildman–Crippen MR) is 137 cm³/mol. The minimum atomic E-state index is -0.695. The van der Waals surface area contributed by atoms with Crippen molar-refractivity contribution in [2.75, 3.05) is 39.9 Å². The van der Waals surface area contributed by atoms with Crippen molar-refractivity contribution in [1.29, 1.82) is 0 Å². The number of rotatable bonds is 12. The molecule has 0 radical (unpaired) electrons. The van der Waals surface area contributed by atoms with Gasteiger partial charge in [-0.1, -0.05) is 32.9 Å². The van der Waals surface area contributed by atoms with E-state index < -0.39 is 17.7 Å². The van der Waals surface area contributed by atoms with Gasteiger partial charge in [0.05, 0.1) is 25.3 Å². The summed E-state index contributed by atoms with van der Waals surface area (Å²) in [4.78, 5) is 30.3. The minimum absolute atomic E-state index is 0.0932. The first-order valence-electron chi connectivity index (χ1n) is 12.3. The van der Waals surface area contributed by atoms with Gasteiger partial charge in [0.25, 0.3) is 11.7 Å². The fraction of sp³-hybridized carbons (Fsp3) is 0.429. The van der Waals surface area contributed by atoms with E-state index >= 15 is 0 Å². The molecular formula is C28H36N2O5. The lowest BCUT2D eigenvalue weighted by Gasteiger charge is -2.27. The number of carbonyl (C=O) groups is 2. The van der Waals surface area contributed by atoms with E-state index in [0.717, 1.165) is 38.0 Å². The van der Waals surface area contributed by atoms with Crippen LogP contribution in [0.15, 0.2) is 54.1 Å². The summed E-state index contributed by atoms with van der Waals surface area (Å²) < 4.78 is 11.0. The number of ketones is 1. The molecular weight excluding hydrogens is 444 g/mol. The van der Waals surface area contributed by atoms with Crippen molar-refractivity contribution in [2.45, 2.75) is 39.7 Å². The van der Waals surface area contributed by atoms with Gasteiger partial charge in [0.2, 0.25) is 0 Å². The number of nitrogens with zero attached hydrogens (tertiary/aromatic N) is 2. The first kappa shape index (κ1) is 26.3. The maximum Gasteiger partial charge on any atom is 0.295 e. The number of carbonyl (C=O) groups excluding carboxylic acids is 2. The third-order valence-corrected chi connectivity index (χ3v) is 6.32. The number of benzene rings is 2. The van der Waals surface area contributed by atoms with Crippen LogP contribution in [0.4, 0.5) is 0 Å². The van der Waals surface area contributed by atoms with E-state index in [1.807, 2.05) is 31.2 Å². The molecule has 0 saturated carbocycles. The predicted octanol–water partition coefficient (Wildman–Crippen LogP) is 4.64. The average Bonchev–Trinajstić information content (AvgIpc) is 3.14. The van der Waals surface area contributed by atoms with Gasteiger partial charge in [0.1, 0.15) is 17.3 Å². The summed E-state index contributed by atoms with van der Waals surface area (Å²) in [6.07, 6.45) is 1.59. The zero-order chi connectivity index (χ0) is 25.4. The minimum Gasteiger partial charge on any atom is -0.507 e. The number of Topliss-reactive ketones (excluding diaryl/α,β-unsaturated/α-hetero) is 1. The van der Waals surface area contributed by atoms with Gasteiger partial charge in [0.15, 0.2) is 0 Å². The molecule has 2 aromatic carbocycles. The van der Waals surface area contributed by atoms with Gasteiger partial charge in [-0.2, -0.15) is 0 Å². The summed E-state index contributed by atoms with van der Waals surface area (Å²) in [5.74, 6) is -0.157. The SMILES string of the molecule is CCCOc1cccc([C@@H]2/C(=C(\O)c3ccc(OC)cc3)C(=O)C(=O)N2CCCN(CC)CC)c1. The van der Waals surface area contributed by atoms with Crippen molar-refractivity contribution in [1.82, 2.24) is 9.80 Å². The molecule has 188 valence electrons. The van der Waals surface area contributed by atoms with Crippen molar-refractivity contribution in [3.63, 3.8) is 0 Å². The van der Waals surface area contributed by atoms with Crippen LogP contribution in [0.2, 0.25) is 0 Å². The van der Waals surface area contributed by atoms with Crippen LogP contribution in [0, 0.1) is 0 Å². The normalized spacial score (nSPS) is 17.3. The molecule has 1 N–H and O–H groups in total. The lowest BCUT2D eigenvalue weighted by Crippen LogP contribution is -2.33. The van der Waals surface area contributed by atoms with Crippen LogP contribution < -0.4 is 9.47 Å². The van der Waals surface area contributed by atoms with Gasteiger partial charge < -0.3 is 24.4 Å². The van der Waals surface area contributed by atoms with Gasteiger partial charge in [-0.15, -0.1) is 0 Å². The molecule has 1 atom stereocenters. The van der Waals surface area contributed by atoms with Crippen LogP contribution in [-0.2, 0) is 9.59 Å². The Labute approximate surface area is 207 Å². The molecule has 1 amide bonds. The number of amides is 1. The number of hydrogen-bond donors (Lipinski definition) is 1. The molecule has 7 heteroatoms. The third-order valence-electron chi connectivity index (χ3n) is 6.32. The summed E-state index contributed by atoms with van der Waals surface area (Å²) in [7, 11) is 1.56. The Balaban J connectivity index is 2.03. The quantitative estimate of drug-likeness (QED) is 0.271. The van der Waals surface area contributed by atoms with E-state index in [9.17, 15) is 14.7 Å². The molecule has 1 aliphatic heterocycles. The number of methoxy groups -OCH3 is 1. The van der Waals surface area contributed by atoms with Gasteiger partial charge in [-0.05, 0) is 74.4 Å². The highest BCUT2D eigenvalue weighted by molar-refractivity contribution is 6.46. The number of hydrogen-bond acceptors (Lipinski definition) is 6. The van der Waals surface area contributed by atoms with Gasteiger partial charge in [-0.3, -0.25) is 9.59 Å². The molecule has 1 aliphatic rings. The molecule has 1 fully saturated rings. The number of aliphatic hydroxyl groups excluding tert-OH is 1. The van der Waals surface area contributed by atoms with Crippen LogP contribution in [0.5, 0.6) is 11.5 Å². The molecule has 0 bridgehead atoms. The monoisotopic (exact) mass is 480 g/mol. The molecule has 2 aromatic rings. The van der Waals surface area contributed by atoms with E-state index in [0.29, 0.717) is 30.2 Å². The Bertz CT molecular complexity index is 1040. The highest BCUT2D eigenvalue weighted by atomic mass is 16.5. The van der Waals surface area contributed by atoms with Crippen molar-refractivity contribution >= 4 is 17.4 Å². The number of ether oxygens (including phenoxy) is 2.